The molecule has 144 valence electrons. The van der Waals surface area contributed by atoms with Crippen LogP contribution in [-0.4, -0.2) is 32.6 Å². The first-order valence-electron chi connectivity index (χ1n) is 8.30. The van der Waals surface area contributed by atoms with Crippen molar-refractivity contribution >= 4 is 17.5 Å². The number of nitrogens with one attached hydrogen (secondary N) is 1. The lowest BCUT2D eigenvalue weighted by atomic mass is 9.98. The predicted molar refractivity (Wildman–Crippen MR) is 89.2 cm³/mol. The monoisotopic (exact) mass is 390 g/mol. The van der Waals surface area contributed by atoms with E-state index in [-0.39, 0.29) is 24.4 Å². The molecule has 3 aromatic rings. The molecule has 0 saturated heterocycles. The van der Waals surface area contributed by atoms with Gasteiger partial charge in [0.15, 0.2) is 17.6 Å². The molecular formula is C18H13F3N4O3. The Labute approximate surface area is 156 Å². The fourth-order valence-corrected chi connectivity index (χ4v) is 2.98. The number of cyclic esters (lactones) is 1. The summed E-state index contributed by atoms with van der Waals surface area (Å²) in [5.74, 6) is -1.03. The highest BCUT2D eigenvalue weighted by Crippen LogP contribution is 2.29. The lowest BCUT2D eigenvalue weighted by Gasteiger charge is -2.23. The number of nitrogens with zero attached hydrogens (tertiary/aromatic N) is 3. The zero-order valence-electron chi connectivity index (χ0n) is 14.2. The standard InChI is InChI=1S/C18H13F3N4O3/c19-18(20,21)11-5-6-14-23-24-15(25(14)9-11)8-22-16(26)13-7-10-3-1-2-4-12(10)17(27)28-13/h1-6,9,13H,7-8H2,(H,22,26). The molecule has 28 heavy (non-hydrogen) atoms. The minimum Gasteiger partial charge on any atom is -0.448 e. The molecule has 10 heteroatoms. The number of rotatable bonds is 3. The van der Waals surface area contributed by atoms with Crippen molar-refractivity contribution in [1.82, 2.24) is 19.9 Å². The van der Waals surface area contributed by atoms with Crippen LogP contribution >= 0.6 is 0 Å². The van der Waals surface area contributed by atoms with Crippen molar-refractivity contribution in [3.63, 3.8) is 0 Å². The molecule has 0 saturated carbocycles. The van der Waals surface area contributed by atoms with Crippen LogP contribution < -0.4 is 5.32 Å². The van der Waals surface area contributed by atoms with Gasteiger partial charge < -0.3 is 10.1 Å². The van der Waals surface area contributed by atoms with Crippen molar-refractivity contribution < 1.29 is 27.5 Å². The summed E-state index contributed by atoms with van der Waals surface area (Å²) >= 11 is 0. The van der Waals surface area contributed by atoms with E-state index in [2.05, 4.69) is 15.5 Å². The van der Waals surface area contributed by atoms with Crippen molar-refractivity contribution in [3.8, 4) is 0 Å². The molecule has 0 aliphatic carbocycles. The van der Waals surface area contributed by atoms with Gasteiger partial charge in [0.25, 0.3) is 5.91 Å². The van der Waals surface area contributed by atoms with E-state index in [0.29, 0.717) is 11.1 Å². The number of esters is 1. The zero-order chi connectivity index (χ0) is 19.9. The molecule has 0 fully saturated rings. The first-order valence-corrected chi connectivity index (χ1v) is 8.30. The zero-order valence-corrected chi connectivity index (χ0v) is 14.2. The van der Waals surface area contributed by atoms with Crippen LogP contribution in [0.15, 0.2) is 42.6 Å². The summed E-state index contributed by atoms with van der Waals surface area (Å²) in [6.45, 7) is -0.170. The molecule has 1 atom stereocenters. The van der Waals surface area contributed by atoms with Crippen LogP contribution in [-0.2, 0) is 28.7 Å². The summed E-state index contributed by atoms with van der Waals surface area (Å²) < 4.78 is 45.0. The molecular weight excluding hydrogens is 377 g/mol. The molecule has 0 spiro atoms. The molecule has 0 radical (unpaired) electrons. The summed E-state index contributed by atoms with van der Waals surface area (Å²) in [5, 5.41) is 10.1. The fraction of sp³-hybridized carbons (Fsp3) is 0.222. The average molecular weight is 390 g/mol. The molecule has 1 amide bonds. The molecule has 1 unspecified atom stereocenters. The third-order valence-corrected chi connectivity index (χ3v) is 4.41. The number of halogens is 3. The number of carbonyl (C=O) groups is 2. The van der Waals surface area contributed by atoms with Crippen molar-refractivity contribution in [2.75, 3.05) is 0 Å². The minimum absolute atomic E-state index is 0.122. The van der Waals surface area contributed by atoms with Crippen molar-refractivity contribution in [2.45, 2.75) is 25.2 Å². The number of aromatic nitrogens is 3. The molecule has 3 heterocycles. The first-order chi connectivity index (χ1) is 13.3. The quantitative estimate of drug-likeness (QED) is 0.693. The van der Waals surface area contributed by atoms with Crippen LogP contribution in [0.1, 0.15) is 27.3 Å². The normalized spacial score (nSPS) is 16.5. The van der Waals surface area contributed by atoms with Gasteiger partial charge in [0.05, 0.1) is 17.7 Å². The van der Waals surface area contributed by atoms with Gasteiger partial charge in [-0.3, -0.25) is 9.20 Å². The van der Waals surface area contributed by atoms with Crippen LogP contribution in [0.5, 0.6) is 0 Å². The number of fused-ring (bicyclic) bond motifs is 2. The number of hydrogen-bond donors (Lipinski definition) is 1. The number of amides is 1. The van der Waals surface area contributed by atoms with Gasteiger partial charge in [-0.2, -0.15) is 13.2 Å². The summed E-state index contributed by atoms with van der Waals surface area (Å²) in [6.07, 6.45) is -4.45. The second-order valence-corrected chi connectivity index (χ2v) is 6.23. The Kier molecular flexibility index (Phi) is 4.25. The number of ether oxygens (including phenoxy) is 1. The smallest absolute Gasteiger partial charge is 0.417 e. The average Bonchev–Trinajstić information content (AvgIpc) is 3.07. The highest BCUT2D eigenvalue weighted by Gasteiger charge is 2.32. The van der Waals surface area contributed by atoms with E-state index < -0.39 is 29.7 Å². The van der Waals surface area contributed by atoms with Crippen molar-refractivity contribution in [3.05, 3.63) is 65.1 Å². The maximum Gasteiger partial charge on any atom is 0.417 e. The van der Waals surface area contributed by atoms with Crippen molar-refractivity contribution in [1.29, 1.82) is 0 Å². The van der Waals surface area contributed by atoms with Crippen LogP contribution in [0, 0.1) is 0 Å². The van der Waals surface area contributed by atoms with Gasteiger partial charge in [-0.15, -0.1) is 10.2 Å². The summed E-state index contributed by atoms with van der Waals surface area (Å²) in [4.78, 5) is 24.4. The van der Waals surface area contributed by atoms with Gasteiger partial charge in [-0.1, -0.05) is 18.2 Å². The predicted octanol–water partition coefficient (Wildman–Crippen LogP) is 2.15. The van der Waals surface area contributed by atoms with Gasteiger partial charge in [0.2, 0.25) is 0 Å². The van der Waals surface area contributed by atoms with E-state index in [0.717, 1.165) is 16.7 Å². The van der Waals surface area contributed by atoms with Gasteiger partial charge in [-0.05, 0) is 23.8 Å². The second kappa shape index (κ2) is 6.63. The van der Waals surface area contributed by atoms with Gasteiger partial charge >= 0.3 is 12.1 Å². The van der Waals surface area contributed by atoms with E-state index in [1.54, 1.807) is 24.3 Å². The number of hydrogen-bond acceptors (Lipinski definition) is 5. The molecule has 1 aromatic carbocycles. The molecule has 2 aromatic heterocycles. The summed E-state index contributed by atoms with van der Waals surface area (Å²) in [6, 6.07) is 8.92. The lowest BCUT2D eigenvalue weighted by molar-refractivity contribution is -0.138. The highest BCUT2D eigenvalue weighted by molar-refractivity contribution is 5.95. The SMILES string of the molecule is O=C1OC(C(=O)NCc2nnc3ccc(C(F)(F)F)cn23)Cc2ccccc21. The maximum atomic E-state index is 12.9. The van der Waals surface area contributed by atoms with E-state index in [4.69, 9.17) is 4.74 Å². The van der Waals surface area contributed by atoms with Crippen LogP contribution in [0.2, 0.25) is 0 Å². The number of pyridine rings is 1. The van der Waals surface area contributed by atoms with E-state index >= 15 is 0 Å². The van der Waals surface area contributed by atoms with Crippen molar-refractivity contribution in [2.24, 2.45) is 0 Å². The van der Waals surface area contributed by atoms with Gasteiger partial charge in [0, 0.05) is 12.6 Å². The number of carbonyl (C=O) groups excluding carboxylic acids is 2. The first kappa shape index (κ1) is 18.0. The Morgan fingerprint density at radius 3 is 2.79 bits per heavy atom. The Hall–Kier alpha value is -3.43. The largest absolute Gasteiger partial charge is 0.448 e. The third-order valence-electron chi connectivity index (χ3n) is 4.41. The highest BCUT2D eigenvalue weighted by atomic mass is 19.4. The lowest BCUT2D eigenvalue weighted by Crippen LogP contribution is -2.41. The maximum absolute atomic E-state index is 12.9. The molecule has 4 rings (SSSR count). The second-order valence-electron chi connectivity index (χ2n) is 6.23. The Bertz CT molecular complexity index is 1080. The van der Waals surface area contributed by atoms with Crippen LogP contribution in [0.25, 0.3) is 5.65 Å². The van der Waals surface area contributed by atoms with E-state index in [1.165, 1.54) is 6.07 Å². The minimum atomic E-state index is -4.51. The fourth-order valence-electron chi connectivity index (χ4n) is 2.98. The Morgan fingerprint density at radius 2 is 2.00 bits per heavy atom. The molecule has 1 N–H and O–H groups in total. The molecule has 0 bridgehead atoms. The topological polar surface area (TPSA) is 85.6 Å². The van der Waals surface area contributed by atoms with E-state index in [1.807, 2.05) is 0 Å². The Morgan fingerprint density at radius 1 is 1.21 bits per heavy atom. The number of alkyl halides is 3. The Balaban J connectivity index is 1.49. The summed E-state index contributed by atoms with van der Waals surface area (Å²) in [7, 11) is 0. The molecule has 7 nitrogen and oxygen atoms in total. The summed E-state index contributed by atoms with van der Waals surface area (Å²) in [5.41, 5.74) is 0.469. The van der Waals surface area contributed by atoms with Crippen LogP contribution in [0.4, 0.5) is 13.2 Å². The number of benzene rings is 1. The van der Waals surface area contributed by atoms with Gasteiger partial charge in [0.1, 0.15) is 0 Å². The van der Waals surface area contributed by atoms with E-state index in [9.17, 15) is 22.8 Å². The third kappa shape index (κ3) is 3.28. The molecule has 1 aliphatic rings. The molecule has 1 aliphatic heterocycles. The van der Waals surface area contributed by atoms with Gasteiger partial charge in [-0.25, -0.2) is 4.79 Å². The van der Waals surface area contributed by atoms with Crippen LogP contribution in [0.3, 0.4) is 0 Å².